The van der Waals surface area contributed by atoms with Gasteiger partial charge in [0.25, 0.3) is 0 Å². The van der Waals surface area contributed by atoms with Crippen LogP contribution in [0, 0.1) is 5.92 Å². The summed E-state index contributed by atoms with van der Waals surface area (Å²) in [6.45, 7) is 3.22. The summed E-state index contributed by atoms with van der Waals surface area (Å²) >= 11 is 0. The molecule has 0 spiro atoms. The third-order valence-electron chi connectivity index (χ3n) is 2.12. The molecule has 0 amide bonds. The maximum Gasteiger partial charge on any atom is 0.0453 e. The Morgan fingerprint density at radius 1 is 1.50 bits per heavy atom. The van der Waals surface area contributed by atoms with Crippen LogP contribution in [0.3, 0.4) is 0 Å². The van der Waals surface area contributed by atoms with Gasteiger partial charge in [0.2, 0.25) is 0 Å². The number of nitrogens with one attached hydrogen (secondary N) is 2. The second kappa shape index (κ2) is 3.94. The Morgan fingerprint density at radius 2 is 2.30 bits per heavy atom. The van der Waals surface area contributed by atoms with Gasteiger partial charge in [-0.3, -0.25) is 0 Å². The van der Waals surface area contributed by atoms with Crippen LogP contribution in [0.25, 0.3) is 0 Å². The fraction of sp³-hybridized carbons (Fsp3) is 1.00. The zero-order chi connectivity index (χ0) is 7.40. The van der Waals surface area contributed by atoms with Gasteiger partial charge in [-0.25, -0.2) is 0 Å². The Labute approximate surface area is 63.4 Å². The molecule has 60 valence electrons. The van der Waals surface area contributed by atoms with Crippen molar-refractivity contribution in [2.24, 2.45) is 5.92 Å². The normalized spacial score (nSPS) is 30.6. The molecule has 0 aromatic heterocycles. The molecule has 2 atom stereocenters. The molecule has 1 aliphatic carbocycles. The highest BCUT2D eigenvalue weighted by molar-refractivity contribution is 4.91. The predicted octanol–water partition coefficient (Wildman–Crippen LogP) is 0.942. The Hall–Kier alpha value is -0.0800. The first-order valence-electron chi connectivity index (χ1n) is 4.26. The summed E-state index contributed by atoms with van der Waals surface area (Å²) < 4.78 is 0. The summed E-state index contributed by atoms with van der Waals surface area (Å²) in [6, 6.07) is 0.826. The van der Waals surface area contributed by atoms with E-state index in [1.165, 1.54) is 19.3 Å². The highest BCUT2D eigenvalue weighted by Gasteiger charge is 2.34. The molecule has 2 nitrogen and oxygen atoms in total. The first-order chi connectivity index (χ1) is 4.88. The van der Waals surface area contributed by atoms with Crippen molar-refractivity contribution >= 4 is 0 Å². The molecule has 10 heavy (non-hydrogen) atoms. The molecule has 1 rings (SSSR count). The van der Waals surface area contributed by atoms with Crippen molar-refractivity contribution in [2.45, 2.75) is 32.2 Å². The van der Waals surface area contributed by atoms with E-state index in [9.17, 15) is 0 Å². The molecule has 1 aliphatic rings. The van der Waals surface area contributed by atoms with Gasteiger partial charge in [0.1, 0.15) is 0 Å². The van der Waals surface area contributed by atoms with Crippen molar-refractivity contribution < 1.29 is 0 Å². The molecule has 0 bridgehead atoms. The zero-order valence-corrected chi connectivity index (χ0v) is 6.98. The van der Waals surface area contributed by atoms with E-state index in [4.69, 9.17) is 0 Å². The molecule has 0 aliphatic heterocycles. The highest BCUT2D eigenvalue weighted by Crippen LogP contribution is 2.34. The second-order valence-electron chi connectivity index (χ2n) is 3.13. The molecule has 0 aromatic carbocycles. The minimum absolute atomic E-state index is 0.826. The van der Waals surface area contributed by atoms with Gasteiger partial charge in [0.05, 0.1) is 0 Å². The first kappa shape index (κ1) is 8.02. The lowest BCUT2D eigenvalue weighted by atomic mass is 10.2. The average Bonchev–Trinajstić information content (AvgIpc) is 2.65. The van der Waals surface area contributed by atoms with Crippen LogP contribution in [0.15, 0.2) is 0 Å². The lowest BCUT2D eigenvalue weighted by molar-refractivity contribution is 0.573. The molecule has 0 aromatic rings. The predicted molar refractivity (Wildman–Crippen MR) is 43.9 cm³/mol. The number of hydrogen-bond donors (Lipinski definition) is 2. The van der Waals surface area contributed by atoms with Gasteiger partial charge in [-0.15, -0.1) is 0 Å². The Balaban J connectivity index is 1.92. The Kier molecular flexibility index (Phi) is 3.16. The van der Waals surface area contributed by atoms with Gasteiger partial charge in [-0.1, -0.05) is 13.3 Å². The van der Waals surface area contributed by atoms with E-state index in [-0.39, 0.29) is 0 Å². The SMILES string of the molecule is CCCC1CC1NCNC. The Morgan fingerprint density at radius 3 is 2.90 bits per heavy atom. The summed E-state index contributed by atoms with van der Waals surface area (Å²) in [5.41, 5.74) is 0. The summed E-state index contributed by atoms with van der Waals surface area (Å²) in [4.78, 5) is 0. The van der Waals surface area contributed by atoms with Crippen molar-refractivity contribution in [1.82, 2.24) is 10.6 Å². The van der Waals surface area contributed by atoms with Crippen LogP contribution in [-0.2, 0) is 0 Å². The fourth-order valence-corrected chi connectivity index (χ4v) is 1.42. The van der Waals surface area contributed by atoms with Crippen molar-refractivity contribution in [3.05, 3.63) is 0 Å². The van der Waals surface area contributed by atoms with Crippen LogP contribution in [0.2, 0.25) is 0 Å². The maximum absolute atomic E-state index is 3.43. The third kappa shape index (κ3) is 2.27. The summed E-state index contributed by atoms with van der Waals surface area (Å²) in [7, 11) is 1.98. The van der Waals surface area contributed by atoms with Crippen molar-refractivity contribution in [3.8, 4) is 0 Å². The molecule has 1 saturated carbocycles. The van der Waals surface area contributed by atoms with Crippen LogP contribution < -0.4 is 10.6 Å². The van der Waals surface area contributed by atoms with Gasteiger partial charge < -0.3 is 10.6 Å². The first-order valence-corrected chi connectivity index (χ1v) is 4.26. The standard InChI is InChI=1S/C8H18N2/c1-3-4-7-5-8(7)10-6-9-2/h7-10H,3-6H2,1-2H3. The minimum Gasteiger partial charge on any atom is -0.308 e. The molecule has 0 heterocycles. The van der Waals surface area contributed by atoms with Gasteiger partial charge >= 0.3 is 0 Å². The van der Waals surface area contributed by atoms with Crippen LogP contribution in [0.4, 0.5) is 0 Å². The lowest BCUT2D eigenvalue weighted by Gasteiger charge is -2.00. The van der Waals surface area contributed by atoms with E-state index in [1.807, 2.05) is 7.05 Å². The van der Waals surface area contributed by atoms with Crippen LogP contribution in [-0.4, -0.2) is 19.8 Å². The van der Waals surface area contributed by atoms with Gasteiger partial charge in [-0.2, -0.15) is 0 Å². The van der Waals surface area contributed by atoms with E-state index >= 15 is 0 Å². The van der Waals surface area contributed by atoms with E-state index in [0.717, 1.165) is 18.6 Å². The van der Waals surface area contributed by atoms with Crippen molar-refractivity contribution in [1.29, 1.82) is 0 Å². The van der Waals surface area contributed by atoms with Gasteiger partial charge in [0, 0.05) is 12.7 Å². The number of rotatable bonds is 5. The third-order valence-corrected chi connectivity index (χ3v) is 2.12. The zero-order valence-electron chi connectivity index (χ0n) is 6.98. The second-order valence-corrected chi connectivity index (χ2v) is 3.13. The molecule has 1 fully saturated rings. The topological polar surface area (TPSA) is 24.1 Å². The van der Waals surface area contributed by atoms with Crippen LogP contribution in [0.1, 0.15) is 26.2 Å². The molecule has 2 N–H and O–H groups in total. The fourth-order valence-electron chi connectivity index (χ4n) is 1.42. The highest BCUT2D eigenvalue weighted by atomic mass is 15.1. The number of hydrogen-bond acceptors (Lipinski definition) is 2. The quantitative estimate of drug-likeness (QED) is 0.558. The van der Waals surface area contributed by atoms with Gasteiger partial charge in [0.15, 0.2) is 0 Å². The largest absolute Gasteiger partial charge is 0.308 e. The monoisotopic (exact) mass is 142 g/mol. The molecule has 2 heteroatoms. The van der Waals surface area contributed by atoms with Crippen LogP contribution >= 0.6 is 0 Å². The van der Waals surface area contributed by atoms with E-state index in [2.05, 4.69) is 17.6 Å². The molecule has 0 radical (unpaired) electrons. The average molecular weight is 142 g/mol. The summed E-state index contributed by atoms with van der Waals surface area (Å²) in [5.74, 6) is 0.985. The van der Waals surface area contributed by atoms with Gasteiger partial charge in [-0.05, 0) is 25.8 Å². The molecular formula is C8H18N2. The lowest BCUT2D eigenvalue weighted by Crippen LogP contribution is -2.28. The smallest absolute Gasteiger partial charge is 0.0453 e. The molecule has 2 unspecified atom stereocenters. The summed E-state index contributed by atoms with van der Waals surface area (Å²) in [6.07, 6.45) is 4.14. The van der Waals surface area contributed by atoms with E-state index in [1.54, 1.807) is 0 Å². The molecular weight excluding hydrogens is 124 g/mol. The summed E-state index contributed by atoms with van der Waals surface area (Å²) in [5, 5.41) is 6.52. The van der Waals surface area contributed by atoms with E-state index in [0.29, 0.717) is 0 Å². The van der Waals surface area contributed by atoms with Crippen molar-refractivity contribution in [2.75, 3.05) is 13.7 Å². The van der Waals surface area contributed by atoms with E-state index < -0.39 is 0 Å². The maximum atomic E-state index is 3.43. The molecule has 0 saturated heterocycles. The van der Waals surface area contributed by atoms with Crippen molar-refractivity contribution in [3.63, 3.8) is 0 Å². The minimum atomic E-state index is 0.826. The Bertz CT molecular complexity index is 93.3. The van der Waals surface area contributed by atoms with Crippen LogP contribution in [0.5, 0.6) is 0 Å².